The van der Waals surface area contributed by atoms with Crippen molar-refractivity contribution in [2.24, 2.45) is 11.3 Å². The highest BCUT2D eigenvalue weighted by molar-refractivity contribution is 5.04. The summed E-state index contributed by atoms with van der Waals surface area (Å²) in [4.78, 5) is 0. The topological polar surface area (TPSA) is 12.0 Å². The van der Waals surface area contributed by atoms with Crippen LogP contribution in [0.4, 0.5) is 13.2 Å². The van der Waals surface area contributed by atoms with Crippen molar-refractivity contribution in [2.45, 2.75) is 26.4 Å². The van der Waals surface area contributed by atoms with Gasteiger partial charge >= 0.3 is 6.18 Å². The van der Waals surface area contributed by atoms with E-state index >= 15 is 0 Å². The molecule has 4 heteroatoms. The van der Waals surface area contributed by atoms with Crippen LogP contribution >= 0.6 is 0 Å². The lowest BCUT2D eigenvalue weighted by Gasteiger charge is -2.15. The highest BCUT2D eigenvalue weighted by Crippen LogP contribution is 2.61. The smallest absolute Gasteiger partial charge is 0.317 e. The largest absolute Gasteiger partial charge is 0.394 e. The monoisotopic (exact) mass is 181 g/mol. The van der Waals surface area contributed by atoms with Gasteiger partial charge in [0.1, 0.15) is 0 Å². The van der Waals surface area contributed by atoms with Crippen molar-refractivity contribution < 1.29 is 13.2 Å². The fourth-order valence-electron chi connectivity index (χ4n) is 1.42. The standard InChI is InChI=1S/C8H14F3N/c1-3-12-5-6-4-7(6,2)8(9,10)11/h6,12H,3-5H2,1-2H3. The van der Waals surface area contributed by atoms with Crippen LogP contribution in [0.3, 0.4) is 0 Å². The zero-order valence-corrected chi connectivity index (χ0v) is 7.33. The predicted molar refractivity (Wildman–Crippen MR) is 40.8 cm³/mol. The fourth-order valence-corrected chi connectivity index (χ4v) is 1.42. The molecule has 1 aliphatic carbocycles. The van der Waals surface area contributed by atoms with Crippen molar-refractivity contribution in [3.8, 4) is 0 Å². The van der Waals surface area contributed by atoms with Crippen LogP contribution in [0, 0.1) is 11.3 Å². The highest BCUT2D eigenvalue weighted by Gasteiger charge is 2.66. The Kier molecular flexibility index (Phi) is 2.38. The molecule has 1 nitrogen and oxygen atoms in total. The fraction of sp³-hybridized carbons (Fsp3) is 1.00. The van der Waals surface area contributed by atoms with Crippen molar-refractivity contribution in [3.63, 3.8) is 0 Å². The third-order valence-electron chi connectivity index (χ3n) is 2.70. The van der Waals surface area contributed by atoms with Gasteiger partial charge in [0.2, 0.25) is 0 Å². The molecule has 1 N–H and O–H groups in total. The number of alkyl halides is 3. The molecule has 0 amide bonds. The first-order valence-corrected chi connectivity index (χ1v) is 4.19. The van der Waals surface area contributed by atoms with Crippen LogP contribution in [-0.4, -0.2) is 19.3 Å². The normalized spacial score (nSPS) is 35.2. The zero-order valence-electron chi connectivity index (χ0n) is 7.33. The molecule has 12 heavy (non-hydrogen) atoms. The van der Waals surface area contributed by atoms with Crippen molar-refractivity contribution in [1.29, 1.82) is 0 Å². The van der Waals surface area contributed by atoms with Crippen molar-refractivity contribution in [3.05, 3.63) is 0 Å². The minimum Gasteiger partial charge on any atom is -0.317 e. The van der Waals surface area contributed by atoms with Gasteiger partial charge in [0.25, 0.3) is 0 Å². The van der Waals surface area contributed by atoms with E-state index in [0.717, 1.165) is 6.54 Å². The first kappa shape index (κ1) is 9.84. The molecule has 72 valence electrons. The van der Waals surface area contributed by atoms with Crippen LogP contribution in [0.15, 0.2) is 0 Å². The van der Waals surface area contributed by atoms with Crippen LogP contribution in [0.25, 0.3) is 0 Å². The molecule has 0 heterocycles. The molecule has 1 aliphatic rings. The summed E-state index contributed by atoms with van der Waals surface area (Å²) in [6, 6.07) is 0. The molecule has 0 aromatic rings. The maximum absolute atomic E-state index is 12.3. The number of halogens is 3. The second kappa shape index (κ2) is 2.91. The summed E-state index contributed by atoms with van der Waals surface area (Å²) in [5, 5.41) is 2.94. The van der Waals surface area contributed by atoms with E-state index in [0.29, 0.717) is 6.54 Å². The van der Waals surface area contributed by atoms with Gasteiger partial charge in [0, 0.05) is 0 Å². The van der Waals surface area contributed by atoms with E-state index < -0.39 is 11.6 Å². The zero-order chi connectivity index (χ0) is 9.41. The van der Waals surface area contributed by atoms with Gasteiger partial charge in [-0.1, -0.05) is 13.8 Å². The van der Waals surface area contributed by atoms with Crippen LogP contribution < -0.4 is 5.32 Å². The molecule has 1 saturated carbocycles. The Balaban J connectivity index is 2.38. The molecule has 0 aromatic heterocycles. The van der Waals surface area contributed by atoms with Gasteiger partial charge in [0.05, 0.1) is 5.41 Å². The Hall–Kier alpha value is -0.250. The van der Waals surface area contributed by atoms with Crippen LogP contribution in [0.2, 0.25) is 0 Å². The molecule has 2 atom stereocenters. The van der Waals surface area contributed by atoms with Gasteiger partial charge in [-0.05, 0) is 25.4 Å². The van der Waals surface area contributed by atoms with E-state index in [1.54, 1.807) is 0 Å². The molecule has 0 radical (unpaired) electrons. The lowest BCUT2D eigenvalue weighted by molar-refractivity contribution is -0.186. The quantitative estimate of drug-likeness (QED) is 0.703. The molecular weight excluding hydrogens is 167 g/mol. The molecule has 0 spiro atoms. The summed E-state index contributed by atoms with van der Waals surface area (Å²) in [6.45, 7) is 4.43. The summed E-state index contributed by atoms with van der Waals surface area (Å²) >= 11 is 0. The Bertz CT molecular complexity index is 166. The molecule has 2 unspecified atom stereocenters. The number of nitrogens with one attached hydrogen (secondary N) is 1. The maximum Gasteiger partial charge on any atom is 0.394 e. The van der Waals surface area contributed by atoms with E-state index in [9.17, 15) is 13.2 Å². The highest BCUT2D eigenvalue weighted by atomic mass is 19.4. The third kappa shape index (κ3) is 1.58. The molecule has 0 aliphatic heterocycles. The van der Waals surface area contributed by atoms with Crippen LogP contribution in [0.1, 0.15) is 20.3 Å². The lowest BCUT2D eigenvalue weighted by atomic mass is 10.1. The Morgan fingerprint density at radius 2 is 2.08 bits per heavy atom. The van der Waals surface area contributed by atoms with Gasteiger partial charge in [0.15, 0.2) is 0 Å². The second-order valence-electron chi connectivity index (χ2n) is 3.62. The van der Waals surface area contributed by atoms with Gasteiger partial charge < -0.3 is 5.32 Å². The average Bonchev–Trinajstić information content (AvgIpc) is 2.58. The summed E-state index contributed by atoms with van der Waals surface area (Å²) in [7, 11) is 0. The molecule has 0 aromatic carbocycles. The second-order valence-corrected chi connectivity index (χ2v) is 3.62. The average molecular weight is 181 g/mol. The van der Waals surface area contributed by atoms with E-state index in [1.807, 2.05) is 6.92 Å². The van der Waals surface area contributed by atoms with Crippen LogP contribution in [0.5, 0.6) is 0 Å². The van der Waals surface area contributed by atoms with E-state index in [1.165, 1.54) is 6.92 Å². The first-order valence-electron chi connectivity index (χ1n) is 4.19. The molecule has 0 bridgehead atoms. The van der Waals surface area contributed by atoms with E-state index in [-0.39, 0.29) is 12.3 Å². The van der Waals surface area contributed by atoms with Crippen molar-refractivity contribution in [2.75, 3.05) is 13.1 Å². The maximum atomic E-state index is 12.3. The molecule has 1 rings (SSSR count). The minimum atomic E-state index is -4.02. The Morgan fingerprint density at radius 1 is 1.50 bits per heavy atom. The van der Waals surface area contributed by atoms with E-state index in [4.69, 9.17) is 0 Å². The lowest BCUT2D eigenvalue weighted by Crippen LogP contribution is -2.27. The van der Waals surface area contributed by atoms with Gasteiger partial charge in [-0.2, -0.15) is 13.2 Å². The van der Waals surface area contributed by atoms with Crippen LogP contribution in [-0.2, 0) is 0 Å². The van der Waals surface area contributed by atoms with Crippen molar-refractivity contribution >= 4 is 0 Å². The molecule has 0 saturated heterocycles. The minimum absolute atomic E-state index is 0.211. The number of hydrogen-bond donors (Lipinski definition) is 1. The predicted octanol–water partition coefficient (Wildman–Crippen LogP) is 2.18. The summed E-state index contributed by atoms with van der Waals surface area (Å²) in [5.74, 6) is -0.211. The third-order valence-corrected chi connectivity index (χ3v) is 2.70. The summed E-state index contributed by atoms with van der Waals surface area (Å²) in [5.41, 5.74) is -1.41. The Morgan fingerprint density at radius 3 is 2.42 bits per heavy atom. The number of rotatable bonds is 3. The SMILES string of the molecule is CCNCC1CC1(C)C(F)(F)F. The molecular formula is C8H14F3N. The molecule has 1 fully saturated rings. The first-order chi connectivity index (χ1) is 5.42. The summed E-state index contributed by atoms with van der Waals surface area (Å²) < 4.78 is 36.8. The van der Waals surface area contributed by atoms with E-state index in [2.05, 4.69) is 5.32 Å². The van der Waals surface area contributed by atoms with Gasteiger partial charge in [-0.15, -0.1) is 0 Å². The van der Waals surface area contributed by atoms with Crippen molar-refractivity contribution in [1.82, 2.24) is 5.32 Å². The van der Waals surface area contributed by atoms with Gasteiger partial charge in [-0.3, -0.25) is 0 Å². The Labute approximate surface area is 70.3 Å². The number of hydrogen-bond acceptors (Lipinski definition) is 1. The summed E-state index contributed by atoms with van der Waals surface area (Å²) in [6.07, 6.45) is -3.74. The van der Waals surface area contributed by atoms with Gasteiger partial charge in [-0.25, -0.2) is 0 Å².